The molecule has 0 radical (unpaired) electrons. The van der Waals surface area contributed by atoms with Crippen LogP contribution in [0.3, 0.4) is 0 Å². The van der Waals surface area contributed by atoms with E-state index in [0.29, 0.717) is 13.1 Å². The molecular formula is C33H33N2O+. The first-order valence-electron chi connectivity index (χ1n) is 12.6. The Labute approximate surface area is 213 Å². The number of aliphatic hydroxyl groups excluding tert-OH is 1. The molecule has 36 heavy (non-hydrogen) atoms. The van der Waals surface area contributed by atoms with Gasteiger partial charge in [-0.3, -0.25) is 0 Å². The van der Waals surface area contributed by atoms with Gasteiger partial charge < -0.3 is 14.6 Å². The lowest BCUT2D eigenvalue weighted by Gasteiger charge is -2.22. The Balaban J connectivity index is 1.77. The largest absolute Gasteiger partial charge is 0.385 e. The van der Waals surface area contributed by atoms with Crippen LogP contribution >= 0.6 is 0 Å². The summed E-state index contributed by atoms with van der Waals surface area (Å²) in [6.07, 6.45) is 3.29. The van der Waals surface area contributed by atoms with Gasteiger partial charge in [-0.25, -0.2) is 0 Å². The van der Waals surface area contributed by atoms with Gasteiger partial charge in [0, 0.05) is 16.3 Å². The summed E-state index contributed by atoms with van der Waals surface area (Å²) >= 11 is 0. The Morgan fingerprint density at radius 1 is 0.722 bits per heavy atom. The summed E-state index contributed by atoms with van der Waals surface area (Å²) in [7, 11) is 0. The molecule has 180 valence electrons. The van der Waals surface area contributed by atoms with Crippen molar-refractivity contribution in [3.05, 3.63) is 122 Å². The minimum Gasteiger partial charge on any atom is -0.385 e. The first-order valence-corrected chi connectivity index (χ1v) is 12.6. The third-order valence-corrected chi connectivity index (χ3v) is 6.84. The van der Waals surface area contributed by atoms with Crippen LogP contribution in [0.5, 0.6) is 0 Å². The van der Waals surface area contributed by atoms with Crippen LogP contribution in [0, 0.1) is 0 Å². The highest BCUT2D eigenvalue weighted by Crippen LogP contribution is 2.43. The maximum atomic E-state index is 11.4. The van der Waals surface area contributed by atoms with Gasteiger partial charge in [0.15, 0.2) is 0 Å². The number of hydrogen-bond acceptors (Lipinski definition) is 1. The second-order valence-electron chi connectivity index (χ2n) is 9.34. The Hall–Kier alpha value is -3.92. The lowest BCUT2D eigenvalue weighted by Crippen LogP contribution is -3.12. The molecule has 5 aromatic rings. The lowest BCUT2D eigenvalue weighted by molar-refractivity contribution is -0.891. The smallest absolute Gasteiger partial charge is 0.121 e. The molecule has 1 atom stereocenters. The molecule has 5 rings (SSSR count). The van der Waals surface area contributed by atoms with Crippen molar-refractivity contribution >= 4 is 21.7 Å². The molecule has 0 aliphatic rings. The van der Waals surface area contributed by atoms with Crippen molar-refractivity contribution in [2.45, 2.75) is 12.6 Å². The summed E-state index contributed by atoms with van der Waals surface area (Å²) in [5.74, 6) is 0. The summed E-state index contributed by atoms with van der Waals surface area (Å²) in [6, 6.07) is 34.1. The first-order chi connectivity index (χ1) is 17.7. The molecule has 0 spiro atoms. The van der Waals surface area contributed by atoms with Crippen LogP contribution in [0.4, 0.5) is 0 Å². The molecule has 1 aromatic heterocycles. The van der Waals surface area contributed by atoms with E-state index >= 15 is 0 Å². The third kappa shape index (κ3) is 4.64. The number of aromatic nitrogens is 1. The molecule has 0 saturated heterocycles. The minimum atomic E-state index is -0.527. The average molecular weight is 474 g/mol. The first kappa shape index (κ1) is 23.8. The fourth-order valence-electron chi connectivity index (χ4n) is 5.36. The number of rotatable bonds is 10. The quantitative estimate of drug-likeness (QED) is 0.249. The van der Waals surface area contributed by atoms with Gasteiger partial charge in [0.05, 0.1) is 30.8 Å². The van der Waals surface area contributed by atoms with E-state index in [9.17, 15) is 5.11 Å². The maximum Gasteiger partial charge on any atom is 0.121 e. The Kier molecular flexibility index (Phi) is 7.13. The Morgan fingerprint density at radius 2 is 1.33 bits per heavy atom. The molecule has 1 heterocycles. The molecule has 0 unspecified atom stereocenters. The maximum absolute atomic E-state index is 11.4. The van der Waals surface area contributed by atoms with Crippen molar-refractivity contribution in [1.82, 2.24) is 4.57 Å². The molecule has 2 N–H and O–H groups in total. The SMILES string of the molecule is C=CC[NH+](CC=C)C[C@H](O)Cn1c(-c2ccccc2)c(-c2ccccc2)c2ccc3ccccc3c21. The van der Waals surface area contributed by atoms with Crippen molar-refractivity contribution in [2.75, 3.05) is 19.6 Å². The third-order valence-electron chi connectivity index (χ3n) is 6.84. The second kappa shape index (κ2) is 10.8. The molecule has 3 nitrogen and oxygen atoms in total. The molecular weight excluding hydrogens is 440 g/mol. The lowest BCUT2D eigenvalue weighted by atomic mass is 9.97. The van der Waals surface area contributed by atoms with Gasteiger partial charge in [-0.15, -0.1) is 0 Å². The van der Waals surface area contributed by atoms with Gasteiger partial charge in [0.1, 0.15) is 12.6 Å². The van der Waals surface area contributed by atoms with E-state index in [2.05, 4.69) is 115 Å². The highest BCUT2D eigenvalue weighted by molar-refractivity contribution is 6.15. The fourth-order valence-corrected chi connectivity index (χ4v) is 5.36. The van der Waals surface area contributed by atoms with Crippen molar-refractivity contribution in [2.24, 2.45) is 0 Å². The van der Waals surface area contributed by atoms with E-state index in [-0.39, 0.29) is 0 Å². The molecule has 0 saturated carbocycles. The number of benzene rings is 4. The number of nitrogens with zero attached hydrogens (tertiary/aromatic N) is 1. The van der Waals surface area contributed by atoms with Gasteiger partial charge in [0.25, 0.3) is 0 Å². The van der Waals surface area contributed by atoms with Gasteiger partial charge in [0.2, 0.25) is 0 Å². The highest BCUT2D eigenvalue weighted by Gasteiger charge is 2.24. The average Bonchev–Trinajstić information content (AvgIpc) is 3.24. The summed E-state index contributed by atoms with van der Waals surface area (Å²) in [4.78, 5) is 1.25. The van der Waals surface area contributed by atoms with Crippen LogP contribution in [-0.2, 0) is 6.54 Å². The number of quaternary nitrogens is 1. The topological polar surface area (TPSA) is 29.6 Å². The van der Waals surface area contributed by atoms with E-state index < -0.39 is 6.10 Å². The molecule has 0 amide bonds. The number of nitrogens with one attached hydrogen (secondary N) is 1. The van der Waals surface area contributed by atoms with Crippen LogP contribution in [0.25, 0.3) is 44.1 Å². The molecule has 0 aliphatic heterocycles. The highest BCUT2D eigenvalue weighted by atomic mass is 16.3. The number of hydrogen-bond donors (Lipinski definition) is 2. The predicted octanol–water partition coefficient (Wildman–Crippen LogP) is 5.75. The van der Waals surface area contributed by atoms with Crippen LogP contribution in [0.2, 0.25) is 0 Å². The minimum absolute atomic E-state index is 0.499. The van der Waals surface area contributed by atoms with Crippen molar-refractivity contribution in [1.29, 1.82) is 0 Å². The van der Waals surface area contributed by atoms with E-state index in [1.54, 1.807) is 0 Å². The molecule has 0 bridgehead atoms. The zero-order valence-corrected chi connectivity index (χ0v) is 20.6. The van der Waals surface area contributed by atoms with Crippen molar-refractivity contribution in [3.8, 4) is 22.4 Å². The Morgan fingerprint density at radius 3 is 2.00 bits per heavy atom. The molecule has 0 aliphatic carbocycles. The number of fused-ring (bicyclic) bond motifs is 3. The molecule has 3 heteroatoms. The van der Waals surface area contributed by atoms with E-state index in [1.165, 1.54) is 37.7 Å². The normalized spacial score (nSPS) is 12.3. The Bertz CT molecular complexity index is 1470. The zero-order valence-electron chi connectivity index (χ0n) is 20.6. The fraction of sp³-hybridized carbons (Fsp3) is 0.152. The predicted molar refractivity (Wildman–Crippen MR) is 152 cm³/mol. The summed E-state index contributed by atoms with van der Waals surface area (Å²) < 4.78 is 2.35. The standard InChI is InChI=1S/C33H32N2O/c1-3-21-34(22-4-2)23-28(36)24-35-32(27-16-9-6-10-17-27)31(26-14-7-5-8-15-26)30-20-19-25-13-11-12-18-29(25)33(30)35/h3-20,28,36H,1-2,21-24H2/p+1/t28-/m0/s1. The van der Waals surface area contributed by atoms with Crippen LogP contribution in [0.15, 0.2) is 122 Å². The molecule has 4 aromatic carbocycles. The summed E-state index contributed by atoms with van der Waals surface area (Å²) in [5, 5.41) is 15.0. The monoisotopic (exact) mass is 473 g/mol. The van der Waals surface area contributed by atoms with Gasteiger partial charge in [-0.1, -0.05) is 110 Å². The summed E-state index contributed by atoms with van der Waals surface area (Å²) in [6.45, 7) is 10.5. The molecule has 0 fully saturated rings. The zero-order chi connectivity index (χ0) is 24.9. The van der Waals surface area contributed by atoms with Crippen molar-refractivity contribution in [3.63, 3.8) is 0 Å². The van der Waals surface area contributed by atoms with Gasteiger partial charge in [-0.05, 0) is 28.7 Å². The van der Waals surface area contributed by atoms with Gasteiger partial charge in [-0.2, -0.15) is 0 Å². The van der Waals surface area contributed by atoms with Crippen molar-refractivity contribution < 1.29 is 10.0 Å². The van der Waals surface area contributed by atoms with Crippen LogP contribution in [-0.4, -0.2) is 35.4 Å². The second-order valence-corrected chi connectivity index (χ2v) is 9.34. The van der Waals surface area contributed by atoms with E-state index in [4.69, 9.17) is 0 Å². The number of aliphatic hydroxyl groups is 1. The summed E-state index contributed by atoms with van der Waals surface area (Å²) in [5.41, 5.74) is 5.83. The van der Waals surface area contributed by atoms with E-state index in [0.717, 1.165) is 24.3 Å². The van der Waals surface area contributed by atoms with Gasteiger partial charge >= 0.3 is 0 Å². The van der Waals surface area contributed by atoms with Crippen LogP contribution < -0.4 is 4.90 Å². The van der Waals surface area contributed by atoms with Crippen LogP contribution in [0.1, 0.15) is 0 Å². The van der Waals surface area contributed by atoms with E-state index in [1.807, 2.05) is 12.2 Å².